The number of phenols is 1. The van der Waals surface area contributed by atoms with Crippen molar-refractivity contribution in [2.75, 3.05) is 25.2 Å². The molecule has 13 nitrogen and oxygen atoms in total. The zero-order valence-corrected chi connectivity index (χ0v) is 24.4. The molecule has 1 fully saturated rings. The molecule has 1 aromatic rings. The number of benzene rings is 1. The molecule has 0 radical (unpaired) electrons. The minimum Gasteiger partial charge on any atom is -0.508 e. The first-order valence-corrected chi connectivity index (χ1v) is 14.9. The van der Waals surface area contributed by atoms with E-state index in [0.717, 1.165) is 0 Å². The molecule has 0 bridgehead atoms. The van der Waals surface area contributed by atoms with Gasteiger partial charge in [-0.1, -0.05) is 26.0 Å². The van der Waals surface area contributed by atoms with Crippen LogP contribution in [-0.4, -0.2) is 105 Å². The van der Waals surface area contributed by atoms with Gasteiger partial charge in [-0.2, -0.15) is 11.8 Å². The molecular weight excluding hydrogens is 554 g/mol. The Morgan fingerprint density at radius 3 is 2.24 bits per heavy atom. The van der Waals surface area contributed by atoms with Crippen molar-refractivity contribution in [2.45, 2.75) is 69.7 Å². The van der Waals surface area contributed by atoms with E-state index in [1.807, 2.05) is 6.26 Å². The number of amides is 4. The van der Waals surface area contributed by atoms with Crippen LogP contribution in [-0.2, 0) is 30.4 Å². The van der Waals surface area contributed by atoms with Gasteiger partial charge in [0.25, 0.3) is 0 Å². The molecule has 228 valence electrons. The monoisotopic (exact) mass is 595 g/mol. The summed E-state index contributed by atoms with van der Waals surface area (Å²) in [5.74, 6) is -3.57. The Hall–Kier alpha value is -3.36. The van der Waals surface area contributed by atoms with Gasteiger partial charge in [0.2, 0.25) is 23.6 Å². The van der Waals surface area contributed by atoms with Gasteiger partial charge in [-0.05, 0) is 54.9 Å². The first-order valence-electron chi connectivity index (χ1n) is 13.5. The van der Waals surface area contributed by atoms with Crippen LogP contribution in [0.25, 0.3) is 0 Å². The molecule has 2 rings (SSSR count). The van der Waals surface area contributed by atoms with Crippen LogP contribution >= 0.6 is 11.8 Å². The van der Waals surface area contributed by atoms with Gasteiger partial charge in [-0.3, -0.25) is 19.2 Å². The van der Waals surface area contributed by atoms with E-state index in [4.69, 9.17) is 5.73 Å². The average Bonchev–Trinajstić information content (AvgIpc) is 3.43. The third-order valence-electron chi connectivity index (χ3n) is 6.84. The number of nitrogens with two attached hydrogens (primary N) is 1. The summed E-state index contributed by atoms with van der Waals surface area (Å²) in [4.78, 5) is 65.5. The second-order valence-corrected chi connectivity index (χ2v) is 11.3. The van der Waals surface area contributed by atoms with Crippen molar-refractivity contribution >= 4 is 41.4 Å². The Morgan fingerprint density at radius 1 is 1.05 bits per heavy atom. The predicted molar refractivity (Wildman–Crippen MR) is 153 cm³/mol. The number of aliphatic hydroxyl groups is 1. The van der Waals surface area contributed by atoms with Gasteiger partial charge >= 0.3 is 5.97 Å². The van der Waals surface area contributed by atoms with Crippen molar-refractivity contribution in [3.63, 3.8) is 0 Å². The van der Waals surface area contributed by atoms with Gasteiger partial charge in [-0.15, -0.1) is 0 Å². The molecule has 1 heterocycles. The van der Waals surface area contributed by atoms with Crippen molar-refractivity contribution in [1.82, 2.24) is 20.9 Å². The first-order chi connectivity index (χ1) is 19.4. The average molecular weight is 596 g/mol. The molecule has 0 saturated carbocycles. The zero-order valence-electron chi connectivity index (χ0n) is 23.5. The van der Waals surface area contributed by atoms with Crippen LogP contribution in [0.15, 0.2) is 24.3 Å². The number of rotatable bonds is 15. The minimum absolute atomic E-state index is 0.00921. The normalized spacial score (nSPS) is 17.8. The number of aromatic hydroxyl groups is 1. The van der Waals surface area contributed by atoms with Crippen molar-refractivity contribution in [3.8, 4) is 5.75 Å². The maximum Gasteiger partial charge on any atom is 0.326 e. The van der Waals surface area contributed by atoms with E-state index in [1.165, 1.54) is 28.8 Å². The number of hydrogen-bond donors (Lipinski definition) is 7. The maximum atomic E-state index is 13.6. The second kappa shape index (κ2) is 16.2. The molecule has 0 aliphatic carbocycles. The van der Waals surface area contributed by atoms with E-state index in [1.54, 1.807) is 26.0 Å². The topological polar surface area (TPSA) is 211 Å². The lowest BCUT2D eigenvalue weighted by molar-refractivity contribution is -0.143. The number of carbonyl (C=O) groups excluding carboxylic acids is 4. The lowest BCUT2D eigenvalue weighted by atomic mass is 10.0. The molecule has 1 aliphatic heterocycles. The summed E-state index contributed by atoms with van der Waals surface area (Å²) in [5.41, 5.74) is 6.30. The van der Waals surface area contributed by atoms with Crippen LogP contribution in [0, 0.1) is 5.92 Å². The number of hydrogen-bond acceptors (Lipinski definition) is 9. The number of aliphatic carboxylic acids is 1. The van der Waals surface area contributed by atoms with Crippen molar-refractivity contribution in [3.05, 3.63) is 29.8 Å². The summed E-state index contributed by atoms with van der Waals surface area (Å²) < 4.78 is 0. The summed E-state index contributed by atoms with van der Waals surface area (Å²) in [5, 5.41) is 36.3. The number of nitrogens with zero attached hydrogens (tertiary/aromatic N) is 1. The van der Waals surface area contributed by atoms with Crippen LogP contribution in [0.2, 0.25) is 0 Å². The first kappa shape index (κ1) is 33.8. The maximum absolute atomic E-state index is 13.6. The summed E-state index contributed by atoms with van der Waals surface area (Å²) in [6.45, 7) is 3.01. The fourth-order valence-electron chi connectivity index (χ4n) is 4.48. The fourth-order valence-corrected chi connectivity index (χ4v) is 4.95. The number of carbonyl (C=O) groups is 5. The lowest BCUT2D eigenvalue weighted by Gasteiger charge is -2.29. The number of aliphatic hydroxyl groups excluding tert-OH is 1. The second-order valence-electron chi connectivity index (χ2n) is 10.3. The Bertz CT molecular complexity index is 1070. The van der Waals surface area contributed by atoms with Crippen LogP contribution in [0.3, 0.4) is 0 Å². The van der Waals surface area contributed by atoms with Gasteiger partial charge < -0.3 is 41.9 Å². The molecule has 4 amide bonds. The molecule has 5 atom stereocenters. The molecule has 1 saturated heterocycles. The Labute approximate surface area is 243 Å². The van der Waals surface area contributed by atoms with E-state index in [2.05, 4.69) is 16.0 Å². The highest BCUT2D eigenvalue weighted by atomic mass is 32.2. The Morgan fingerprint density at radius 2 is 1.68 bits per heavy atom. The quantitative estimate of drug-likeness (QED) is 0.134. The van der Waals surface area contributed by atoms with Crippen LogP contribution in [0.4, 0.5) is 0 Å². The molecular formula is C27H41N5O8S. The molecule has 0 unspecified atom stereocenters. The molecule has 0 aromatic heterocycles. The third kappa shape index (κ3) is 9.90. The highest BCUT2D eigenvalue weighted by molar-refractivity contribution is 7.98. The summed E-state index contributed by atoms with van der Waals surface area (Å²) in [6, 6.07) is 0.599. The van der Waals surface area contributed by atoms with Gasteiger partial charge in [0.15, 0.2) is 0 Å². The number of nitrogens with one attached hydrogen (secondary N) is 3. The highest BCUT2D eigenvalue weighted by Crippen LogP contribution is 2.19. The molecule has 1 aliphatic rings. The van der Waals surface area contributed by atoms with E-state index in [9.17, 15) is 39.3 Å². The molecule has 8 N–H and O–H groups in total. The van der Waals surface area contributed by atoms with Gasteiger partial charge in [0.05, 0.1) is 6.61 Å². The van der Waals surface area contributed by atoms with E-state index < -0.39 is 72.3 Å². The summed E-state index contributed by atoms with van der Waals surface area (Å²) in [6.07, 6.45) is 2.93. The standard InChI is InChI=1S/C27H41N5O8S/c1-15(2)22(27(39)40)31-23(35)19(10-12-41-3)29-24(36)20(13-16-6-8-17(34)9-7-16)30-25(37)21-5-4-11-32(21)26(38)18(28)14-33/h6-9,15,18-22,33-34H,4-5,10-14,28H2,1-3H3,(H,29,36)(H,30,37)(H,31,35)(H,39,40)/t18-,19-,20-,21-,22-/m0/s1. The van der Waals surface area contributed by atoms with E-state index in [0.29, 0.717) is 24.2 Å². The SMILES string of the molecule is CSCC[C@H](NC(=O)[C@H](Cc1ccc(O)cc1)NC(=O)[C@@H]1CCCN1C(=O)[C@@H](N)CO)C(=O)N[C@H](C(=O)O)C(C)C. The predicted octanol–water partition coefficient (Wildman–Crippen LogP) is -0.807. The van der Waals surface area contributed by atoms with E-state index >= 15 is 0 Å². The molecule has 1 aromatic carbocycles. The molecule has 0 spiro atoms. The summed E-state index contributed by atoms with van der Waals surface area (Å²) in [7, 11) is 0. The van der Waals surface area contributed by atoms with Crippen molar-refractivity contribution in [2.24, 2.45) is 11.7 Å². The van der Waals surface area contributed by atoms with E-state index in [-0.39, 0.29) is 25.1 Å². The van der Waals surface area contributed by atoms with Gasteiger partial charge in [0, 0.05) is 13.0 Å². The fraction of sp³-hybridized carbons (Fsp3) is 0.593. The number of carboxylic acids is 1. The van der Waals surface area contributed by atoms with Crippen LogP contribution in [0.5, 0.6) is 5.75 Å². The van der Waals surface area contributed by atoms with Gasteiger partial charge in [0.1, 0.15) is 36.0 Å². The van der Waals surface area contributed by atoms with Crippen LogP contribution < -0.4 is 21.7 Å². The summed E-state index contributed by atoms with van der Waals surface area (Å²) >= 11 is 1.45. The zero-order chi connectivity index (χ0) is 30.7. The third-order valence-corrected chi connectivity index (χ3v) is 7.48. The smallest absolute Gasteiger partial charge is 0.326 e. The Kier molecular flexibility index (Phi) is 13.4. The lowest BCUT2D eigenvalue weighted by Crippen LogP contribution is -2.59. The highest BCUT2D eigenvalue weighted by Gasteiger charge is 2.38. The van der Waals surface area contributed by atoms with Crippen LogP contribution in [0.1, 0.15) is 38.7 Å². The molecule has 14 heteroatoms. The Balaban J connectivity index is 2.28. The number of phenolic OH excluding ortho intramolecular Hbond substituents is 1. The number of carboxylic acid groups (broad SMARTS) is 1. The minimum atomic E-state index is -1.20. The van der Waals surface area contributed by atoms with Gasteiger partial charge in [-0.25, -0.2) is 4.79 Å². The number of likely N-dealkylation sites (tertiary alicyclic amines) is 1. The van der Waals surface area contributed by atoms with Crippen molar-refractivity contribution < 1.29 is 39.3 Å². The van der Waals surface area contributed by atoms with Crippen molar-refractivity contribution in [1.29, 1.82) is 0 Å². The largest absolute Gasteiger partial charge is 0.508 e. The molecule has 41 heavy (non-hydrogen) atoms. The number of thioether (sulfide) groups is 1.